The number of rotatable bonds is 9. The molecule has 0 bridgehead atoms. The molecule has 0 unspecified atom stereocenters. The first-order valence-electron chi connectivity index (χ1n) is 12.4. The molecule has 1 fully saturated rings. The van der Waals surface area contributed by atoms with E-state index in [-0.39, 0.29) is 6.10 Å². The van der Waals surface area contributed by atoms with Gasteiger partial charge >= 0.3 is 0 Å². The lowest BCUT2D eigenvalue weighted by atomic mass is 10.00. The maximum atomic E-state index is 9.41. The molecule has 36 heavy (non-hydrogen) atoms. The molecule has 1 saturated heterocycles. The molecule has 3 aromatic carbocycles. The van der Waals surface area contributed by atoms with Crippen LogP contribution in [-0.2, 0) is 14.8 Å². The lowest BCUT2D eigenvalue weighted by Crippen LogP contribution is -2.38. The van der Waals surface area contributed by atoms with Crippen molar-refractivity contribution in [2.75, 3.05) is 32.5 Å². The molecule has 0 aliphatic carbocycles. The Morgan fingerprint density at radius 3 is 1.92 bits per heavy atom. The minimum absolute atomic E-state index is 0.00135. The van der Waals surface area contributed by atoms with Crippen LogP contribution in [-0.4, -0.2) is 51.9 Å². The van der Waals surface area contributed by atoms with Gasteiger partial charge in [-0.25, -0.2) is 13.6 Å². The molecule has 0 atom stereocenters. The maximum Gasteiger partial charge on any atom is 0.206 e. The quantitative estimate of drug-likeness (QED) is 0.413. The monoisotopic (exact) mass is 510 g/mol. The maximum absolute atomic E-state index is 9.41. The third kappa shape index (κ3) is 10.1. The largest absolute Gasteiger partial charge is 0.493 e. The minimum atomic E-state index is -3.17. The van der Waals surface area contributed by atoms with Gasteiger partial charge in [0.15, 0.2) is 0 Å². The van der Waals surface area contributed by atoms with Crippen molar-refractivity contribution in [3.8, 4) is 5.75 Å². The molecular weight excluding hydrogens is 472 g/mol. The average molecular weight is 511 g/mol. The first kappa shape index (κ1) is 27.9. The van der Waals surface area contributed by atoms with Gasteiger partial charge in [-0.15, -0.1) is 0 Å². The summed E-state index contributed by atoms with van der Waals surface area (Å²) in [5.74, 6) is 1.00. The van der Waals surface area contributed by atoms with Gasteiger partial charge in [0.25, 0.3) is 0 Å². The van der Waals surface area contributed by atoms with Crippen LogP contribution in [0.3, 0.4) is 0 Å². The van der Waals surface area contributed by atoms with Crippen LogP contribution in [0.2, 0.25) is 0 Å². The summed E-state index contributed by atoms with van der Waals surface area (Å²) in [6, 6.07) is 29.4. The van der Waals surface area contributed by atoms with E-state index in [2.05, 4.69) is 89.8 Å². The van der Waals surface area contributed by atoms with E-state index in [0.29, 0.717) is 6.10 Å². The third-order valence-corrected chi connectivity index (χ3v) is 6.04. The Balaban J connectivity index is 0.000000658. The normalized spacial score (nSPS) is 14.8. The first-order chi connectivity index (χ1) is 17.3. The Kier molecular flexibility index (Phi) is 10.9. The van der Waals surface area contributed by atoms with Crippen LogP contribution in [0.5, 0.6) is 5.75 Å². The van der Waals surface area contributed by atoms with Gasteiger partial charge in [0.1, 0.15) is 11.9 Å². The highest BCUT2D eigenvalue weighted by Gasteiger charge is 2.24. The highest BCUT2D eigenvalue weighted by Crippen LogP contribution is 2.30. The van der Waals surface area contributed by atoms with Crippen LogP contribution in [0, 0.1) is 6.92 Å². The fraction of sp³-hybridized carbons (Fsp3) is 0.379. The lowest BCUT2D eigenvalue weighted by molar-refractivity contribution is -0.0273. The smallest absolute Gasteiger partial charge is 0.206 e. The number of sulfonamides is 1. The summed E-state index contributed by atoms with van der Waals surface area (Å²) in [6.07, 6.45) is 4.44. The Morgan fingerprint density at radius 2 is 1.39 bits per heavy atom. The Morgan fingerprint density at radius 1 is 0.889 bits per heavy atom. The molecule has 0 aromatic heterocycles. The number of nitrogens with zero attached hydrogens (tertiary/aromatic N) is 1. The van der Waals surface area contributed by atoms with Gasteiger partial charge in [0.05, 0.1) is 19.0 Å². The van der Waals surface area contributed by atoms with Crippen LogP contribution in [0.25, 0.3) is 0 Å². The van der Waals surface area contributed by atoms with Crippen molar-refractivity contribution in [3.63, 3.8) is 0 Å². The molecule has 7 heteroatoms. The van der Waals surface area contributed by atoms with Gasteiger partial charge in [0.2, 0.25) is 10.0 Å². The van der Waals surface area contributed by atoms with Crippen molar-refractivity contribution in [1.29, 1.82) is 0 Å². The fourth-order valence-electron chi connectivity index (χ4n) is 4.26. The predicted octanol–water partition coefficient (Wildman–Crippen LogP) is 4.94. The second-order valence-electron chi connectivity index (χ2n) is 9.18. The molecule has 0 radical (unpaired) electrons. The second kappa shape index (κ2) is 14.1. The summed E-state index contributed by atoms with van der Waals surface area (Å²) < 4.78 is 31.4. The SMILES string of the molecule is CS(N)(=O)=O.Cc1ccccc1OCCCN1CCC(OC(c2ccccc2)c2ccccc2)CC1. The molecule has 194 valence electrons. The molecule has 4 rings (SSSR count). The third-order valence-electron chi connectivity index (χ3n) is 6.04. The van der Waals surface area contributed by atoms with E-state index in [1.807, 2.05) is 12.1 Å². The van der Waals surface area contributed by atoms with Crippen molar-refractivity contribution in [3.05, 3.63) is 102 Å². The number of nitrogens with two attached hydrogens (primary N) is 1. The highest BCUT2D eigenvalue weighted by atomic mass is 32.2. The number of para-hydroxylation sites is 1. The minimum Gasteiger partial charge on any atom is -0.493 e. The molecule has 1 aliphatic rings. The van der Waals surface area contributed by atoms with Crippen molar-refractivity contribution in [2.45, 2.75) is 38.4 Å². The van der Waals surface area contributed by atoms with E-state index >= 15 is 0 Å². The Bertz CT molecular complexity index is 1080. The molecule has 1 aliphatic heterocycles. The van der Waals surface area contributed by atoms with Crippen molar-refractivity contribution < 1.29 is 17.9 Å². The zero-order valence-electron chi connectivity index (χ0n) is 21.3. The Labute approximate surface area is 216 Å². The van der Waals surface area contributed by atoms with Crippen molar-refractivity contribution in [2.24, 2.45) is 5.14 Å². The van der Waals surface area contributed by atoms with Crippen LogP contribution in [0.4, 0.5) is 0 Å². The van der Waals surface area contributed by atoms with Crippen LogP contribution < -0.4 is 9.88 Å². The van der Waals surface area contributed by atoms with E-state index in [9.17, 15) is 8.42 Å². The van der Waals surface area contributed by atoms with E-state index < -0.39 is 10.0 Å². The molecule has 1 heterocycles. The molecule has 0 saturated carbocycles. The number of benzene rings is 3. The number of likely N-dealkylation sites (tertiary alicyclic amines) is 1. The summed E-state index contributed by atoms with van der Waals surface area (Å²) in [5, 5.41) is 4.33. The molecule has 3 aromatic rings. The summed E-state index contributed by atoms with van der Waals surface area (Å²) in [5.41, 5.74) is 3.65. The molecule has 0 amide bonds. The summed E-state index contributed by atoms with van der Waals surface area (Å²) in [6.45, 7) is 6.12. The van der Waals surface area contributed by atoms with Crippen LogP contribution in [0.15, 0.2) is 84.9 Å². The Hall–Kier alpha value is -2.71. The summed E-state index contributed by atoms with van der Waals surface area (Å²) >= 11 is 0. The average Bonchev–Trinajstić information content (AvgIpc) is 2.87. The fourth-order valence-corrected chi connectivity index (χ4v) is 4.26. The first-order valence-corrected chi connectivity index (χ1v) is 14.4. The van der Waals surface area contributed by atoms with E-state index in [1.54, 1.807) is 0 Å². The van der Waals surface area contributed by atoms with Gasteiger partial charge in [0, 0.05) is 19.6 Å². The molecule has 6 nitrogen and oxygen atoms in total. The van der Waals surface area contributed by atoms with Crippen LogP contribution in [0.1, 0.15) is 42.1 Å². The molecule has 2 N–H and O–H groups in total. The van der Waals surface area contributed by atoms with Gasteiger partial charge in [-0.1, -0.05) is 78.9 Å². The molecule has 0 spiro atoms. The highest BCUT2D eigenvalue weighted by molar-refractivity contribution is 7.88. The lowest BCUT2D eigenvalue weighted by Gasteiger charge is -2.34. The van der Waals surface area contributed by atoms with E-state index in [4.69, 9.17) is 9.47 Å². The predicted molar refractivity (Wildman–Crippen MR) is 146 cm³/mol. The zero-order chi connectivity index (χ0) is 25.8. The topological polar surface area (TPSA) is 81.9 Å². The van der Waals surface area contributed by atoms with Gasteiger partial charge in [-0.05, 0) is 48.9 Å². The van der Waals surface area contributed by atoms with Gasteiger partial charge < -0.3 is 14.4 Å². The second-order valence-corrected chi connectivity index (χ2v) is 10.8. The number of hydrogen-bond donors (Lipinski definition) is 1. The number of piperidine rings is 1. The zero-order valence-corrected chi connectivity index (χ0v) is 22.1. The van der Waals surface area contributed by atoms with Crippen LogP contribution >= 0.6 is 0 Å². The van der Waals surface area contributed by atoms with Gasteiger partial charge in [-0.2, -0.15) is 0 Å². The van der Waals surface area contributed by atoms with E-state index in [1.165, 1.54) is 16.7 Å². The standard InChI is InChI=1S/C28H33NO2.CH5NO2S/c1-23-11-8-9-16-27(23)30-22-10-19-29-20-17-26(18-21-29)31-28(24-12-4-2-5-13-24)25-14-6-3-7-15-25;1-5(2,3)4/h2-9,11-16,26,28H,10,17-22H2,1H3;1H3,(H2,2,3,4). The summed E-state index contributed by atoms with van der Waals surface area (Å²) in [7, 11) is -3.17. The van der Waals surface area contributed by atoms with Crippen molar-refractivity contribution >= 4 is 10.0 Å². The number of ether oxygens (including phenoxy) is 2. The molecular formula is C29H38N2O4S. The van der Waals surface area contributed by atoms with Crippen molar-refractivity contribution in [1.82, 2.24) is 4.90 Å². The summed E-state index contributed by atoms with van der Waals surface area (Å²) in [4.78, 5) is 2.54. The number of hydrogen-bond acceptors (Lipinski definition) is 5. The number of primary sulfonamides is 1. The van der Waals surface area contributed by atoms with E-state index in [0.717, 1.165) is 57.5 Å². The van der Waals surface area contributed by atoms with Gasteiger partial charge in [-0.3, -0.25) is 0 Å². The number of aryl methyl sites for hydroxylation is 1.